The molecule has 0 aliphatic heterocycles. The lowest BCUT2D eigenvalue weighted by Gasteiger charge is -1.99. The van der Waals surface area contributed by atoms with E-state index in [9.17, 15) is 0 Å². The maximum absolute atomic E-state index is 3.92. The Kier molecular flexibility index (Phi) is 4.65. The highest BCUT2D eigenvalue weighted by molar-refractivity contribution is 5.25. The van der Waals surface area contributed by atoms with Gasteiger partial charge in [0, 0.05) is 0 Å². The number of rotatable bonds is 4. The van der Waals surface area contributed by atoms with Crippen molar-refractivity contribution in [3.63, 3.8) is 0 Å². The van der Waals surface area contributed by atoms with Gasteiger partial charge in [0.2, 0.25) is 0 Å². The van der Waals surface area contributed by atoms with Gasteiger partial charge in [-0.2, -0.15) is 0 Å². The maximum Gasteiger partial charge on any atom is -0.0166 e. The van der Waals surface area contributed by atoms with Crippen molar-refractivity contribution >= 4 is 0 Å². The van der Waals surface area contributed by atoms with Crippen molar-refractivity contribution in [2.24, 2.45) is 0 Å². The van der Waals surface area contributed by atoms with E-state index < -0.39 is 0 Å². The summed E-state index contributed by atoms with van der Waals surface area (Å²) in [6.45, 7) is 11.8. The van der Waals surface area contributed by atoms with Gasteiger partial charge >= 0.3 is 0 Å². The van der Waals surface area contributed by atoms with E-state index in [4.69, 9.17) is 0 Å². The van der Waals surface area contributed by atoms with Gasteiger partial charge in [-0.25, -0.2) is 0 Å². The second kappa shape index (κ2) is 5.04. The fourth-order valence-electron chi connectivity index (χ4n) is 0.683. The Hall–Kier alpha value is -0.780. The Labute approximate surface area is 64.0 Å². The molecule has 0 heterocycles. The molecule has 0 aliphatic rings. The SMILES string of the molecule is C=CCC=C(C)C(=C)CC. The summed E-state index contributed by atoms with van der Waals surface area (Å²) in [5.41, 5.74) is 2.52. The molecule has 0 aliphatic carbocycles. The summed E-state index contributed by atoms with van der Waals surface area (Å²) in [4.78, 5) is 0. The molecule has 0 aromatic carbocycles. The van der Waals surface area contributed by atoms with Crippen LogP contribution in [0.25, 0.3) is 0 Å². The van der Waals surface area contributed by atoms with E-state index >= 15 is 0 Å². The van der Waals surface area contributed by atoms with Gasteiger partial charge in [-0.15, -0.1) is 6.58 Å². The molecule has 10 heavy (non-hydrogen) atoms. The highest BCUT2D eigenvalue weighted by Crippen LogP contribution is 2.10. The van der Waals surface area contributed by atoms with Crippen LogP contribution in [0.15, 0.2) is 36.5 Å². The van der Waals surface area contributed by atoms with Crippen LogP contribution in [0.2, 0.25) is 0 Å². The fraction of sp³-hybridized carbons (Fsp3) is 0.400. The van der Waals surface area contributed by atoms with Crippen LogP contribution in [0.3, 0.4) is 0 Å². The maximum atomic E-state index is 3.92. The quantitative estimate of drug-likeness (QED) is 0.410. The number of allylic oxidation sites excluding steroid dienone is 4. The first kappa shape index (κ1) is 9.22. The van der Waals surface area contributed by atoms with Crippen LogP contribution in [0.1, 0.15) is 26.7 Å². The smallest absolute Gasteiger partial charge is 0.0166 e. The Balaban J connectivity index is 3.91. The second-order valence-electron chi connectivity index (χ2n) is 2.37. The molecule has 0 atom stereocenters. The fourth-order valence-corrected chi connectivity index (χ4v) is 0.683. The third kappa shape index (κ3) is 3.29. The first-order valence-electron chi connectivity index (χ1n) is 3.68. The van der Waals surface area contributed by atoms with Gasteiger partial charge < -0.3 is 0 Å². The van der Waals surface area contributed by atoms with Crippen LogP contribution < -0.4 is 0 Å². The topological polar surface area (TPSA) is 0 Å². The monoisotopic (exact) mass is 136 g/mol. The summed E-state index contributed by atoms with van der Waals surface area (Å²) in [5.74, 6) is 0. The first-order valence-corrected chi connectivity index (χ1v) is 3.68. The van der Waals surface area contributed by atoms with Gasteiger partial charge in [0.25, 0.3) is 0 Å². The highest BCUT2D eigenvalue weighted by atomic mass is 14.0. The lowest BCUT2D eigenvalue weighted by atomic mass is 10.1. The molecule has 0 amide bonds. The molecule has 0 nitrogen and oxygen atoms in total. The van der Waals surface area contributed by atoms with Crippen molar-refractivity contribution in [1.29, 1.82) is 0 Å². The lowest BCUT2D eigenvalue weighted by molar-refractivity contribution is 1.10. The van der Waals surface area contributed by atoms with Crippen LogP contribution >= 0.6 is 0 Å². The van der Waals surface area contributed by atoms with Crippen molar-refractivity contribution in [3.8, 4) is 0 Å². The zero-order valence-corrected chi connectivity index (χ0v) is 6.98. The zero-order valence-electron chi connectivity index (χ0n) is 6.98. The standard InChI is InChI=1S/C10H16/c1-5-7-8-10(4)9(3)6-2/h5,8H,1,3,6-7H2,2,4H3. The molecule has 0 heteroatoms. The molecule has 0 radical (unpaired) electrons. The Bertz CT molecular complexity index is 149. The van der Waals surface area contributed by atoms with E-state index in [1.54, 1.807) is 0 Å². The summed E-state index contributed by atoms with van der Waals surface area (Å²) >= 11 is 0. The van der Waals surface area contributed by atoms with Crippen LogP contribution in [0, 0.1) is 0 Å². The number of hydrogen-bond donors (Lipinski definition) is 0. The van der Waals surface area contributed by atoms with Gasteiger partial charge in [-0.1, -0.05) is 36.8 Å². The molecule has 0 aromatic rings. The van der Waals surface area contributed by atoms with Crippen molar-refractivity contribution in [1.82, 2.24) is 0 Å². The van der Waals surface area contributed by atoms with Gasteiger partial charge in [0.05, 0.1) is 0 Å². The lowest BCUT2D eigenvalue weighted by Crippen LogP contribution is -1.79. The minimum Gasteiger partial charge on any atom is -0.103 e. The molecule has 0 saturated carbocycles. The molecule has 56 valence electrons. The largest absolute Gasteiger partial charge is 0.103 e. The van der Waals surface area contributed by atoms with Crippen molar-refractivity contribution in [3.05, 3.63) is 36.5 Å². The summed E-state index contributed by atoms with van der Waals surface area (Å²) in [6, 6.07) is 0. The van der Waals surface area contributed by atoms with E-state index in [-0.39, 0.29) is 0 Å². The van der Waals surface area contributed by atoms with Gasteiger partial charge in [-0.3, -0.25) is 0 Å². The van der Waals surface area contributed by atoms with E-state index in [0.717, 1.165) is 12.8 Å². The zero-order chi connectivity index (χ0) is 7.98. The van der Waals surface area contributed by atoms with E-state index in [2.05, 4.69) is 33.1 Å². The normalized spacial score (nSPS) is 11.2. The van der Waals surface area contributed by atoms with Crippen molar-refractivity contribution < 1.29 is 0 Å². The molecule has 0 rings (SSSR count). The molecular weight excluding hydrogens is 120 g/mol. The van der Waals surface area contributed by atoms with E-state index in [1.165, 1.54) is 11.1 Å². The van der Waals surface area contributed by atoms with Crippen LogP contribution in [-0.4, -0.2) is 0 Å². The molecular formula is C10H16. The van der Waals surface area contributed by atoms with Crippen LogP contribution in [-0.2, 0) is 0 Å². The molecule has 0 saturated heterocycles. The number of hydrogen-bond acceptors (Lipinski definition) is 0. The predicted molar refractivity (Wildman–Crippen MR) is 48.0 cm³/mol. The van der Waals surface area contributed by atoms with E-state index in [1.807, 2.05) is 6.08 Å². The minimum atomic E-state index is 0.949. The third-order valence-electron chi connectivity index (χ3n) is 1.58. The van der Waals surface area contributed by atoms with Gasteiger partial charge in [-0.05, 0) is 19.8 Å². The molecule has 0 spiro atoms. The van der Waals surface area contributed by atoms with Crippen LogP contribution in [0.4, 0.5) is 0 Å². The van der Waals surface area contributed by atoms with Gasteiger partial charge in [0.1, 0.15) is 0 Å². The summed E-state index contributed by atoms with van der Waals surface area (Å²) < 4.78 is 0. The molecule has 0 N–H and O–H groups in total. The third-order valence-corrected chi connectivity index (χ3v) is 1.58. The average Bonchev–Trinajstić information content (AvgIpc) is 1.98. The Morgan fingerprint density at radius 1 is 1.50 bits per heavy atom. The molecule has 0 aromatic heterocycles. The molecule has 0 bridgehead atoms. The Morgan fingerprint density at radius 2 is 2.10 bits per heavy atom. The molecule has 0 unspecified atom stereocenters. The van der Waals surface area contributed by atoms with Crippen LogP contribution in [0.5, 0.6) is 0 Å². The predicted octanol–water partition coefficient (Wildman–Crippen LogP) is 3.48. The average molecular weight is 136 g/mol. The first-order chi connectivity index (χ1) is 4.72. The summed E-state index contributed by atoms with van der Waals surface area (Å²) in [6.07, 6.45) is 6.04. The summed E-state index contributed by atoms with van der Waals surface area (Å²) in [5, 5.41) is 0. The molecule has 0 fully saturated rings. The highest BCUT2D eigenvalue weighted by Gasteiger charge is 1.90. The van der Waals surface area contributed by atoms with Gasteiger partial charge in [0.15, 0.2) is 0 Å². The Morgan fingerprint density at radius 3 is 2.50 bits per heavy atom. The van der Waals surface area contributed by atoms with Crippen molar-refractivity contribution in [2.75, 3.05) is 0 Å². The van der Waals surface area contributed by atoms with Crippen molar-refractivity contribution in [2.45, 2.75) is 26.7 Å². The minimum absolute atomic E-state index is 0.949. The second-order valence-corrected chi connectivity index (χ2v) is 2.37. The van der Waals surface area contributed by atoms with E-state index in [0.29, 0.717) is 0 Å². The summed E-state index contributed by atoms with van der Waals surface area (Å²) in [7, 11) is 0.